The monoisotopic (exact) mass is 275 g/mol. The van der Waals surface area contributed by atoms with Crippen LogP contribution in [-0.2, 0) is 7.05 Å². The van der Waals surface area contributed by atoms with Crippen molar-refractivity contribution in [2.24, 2.45) is 7.05 Å². The fraction of sp³-hybridized carbons (Fsp3) is 0.600. The minimum absolute atomic E-state index is 0.0472. The normalized spacial score (nSPS) is 28.4. The molecule has 1 amide bonds. The molecule has 1 N–H and O–H groups in total. The highest BCUT2D eigenvalue weighted by Gasteiger charge is 2.36. The molecule has 2 saturated heterocycles. The third-order valence-corrected chi connectivity index (χ3v) is 4.67. The Balaban J connectivity index is 1.76. The van der Waals surface area contributed by atoms with Gasteiger partial charge in [0.1, 0.15) is 0 Å². The van der Waals surface area contributed by atoms with E-state index < -0.39 is 0 Å². The third-order valence-electron chi connectivity index (χ3n) is 4.67. The molecule has 0 spiro atoms. The van der Waals surface area contributed by atoms with Gasteiger partial charge in [0.05, 0.1) is 0 Å². The quantitative estimate of drug-likeness (QED) is 0.866. The summed E-state index contributed by atoms with van der Waals surface area (Å²) < 4.78 is 1.47. The van der Waals surface area contributed by atoms with Gasteiger partial charge in [0, 0.05) is 50.0 Å². The van der Waals surface area contributed by atoms with Crippen LogP contribution in [0.4, 0.5) is 0 Å². The highest BCUT2D eigenvalue weighted by molar-refractivity contribution is 5.94. The van der Waals surface area contributed by atoms with Crippen molar-refractivity contribution in [3.63, 3.8) is 0 Å². The Morgan fingerprint density at radius 1 is 1.35 bits per heavy atom. The van der Waals surface area contributed by atoms with Crippen LogP contribution in [0.1, 0.15) is 36.0 Å². The minimum atomic E-state index is -0.144. The molecule has 1 aromatic rings. The number of pyridine rings is 1. The molecule has 108 valence electrons. The lowest BCUT2D eigenvalue weighted by atomic mass is 9.98. The first-order valence-corrected chi connectivity index (χ1v) is 7.24. The largest absolute Gasteiger partial charge is 0.339 e. The summed E-state index contributed by atoms with van der Waals surface area (Å²) >= 11 is 0. The number of hydrogen-bond donors (Lipinski definition) is 1. The fourth-order valence-electron chi connectivity index (χ4n) is 3.39. The molecule has 2 aliphatic heterocycles. The average molecular weight is 275 g/mol. The van der Waals surface area contributed by atoms with E-state index in [0.29, 0.717) is 17.6 Å². The smallest absolute Gasteiger partial charge is 0.254 e. The van der Waals surface area contributed by atoms with Gasteiger partial charge in [-0.2, -0.15) is 0 Å². The van der Waals surface area contributed by atoms with Crippen LogP contribution in [0.25, 0.3) is 0 Å². The number of fused-ring (bicyclic) bond motifs is 2. The topological polar surface area (TPSA) is 54.3 Å². The van der Waals surface area contributed by atoms with E-state index in [2.05, 4.69) is 5.32 Å². The van der Waals surface area contributed by atoms with E-state index in [1.165, 1.54) is 23.5 Å². The van der Waals surface area contributed by atoms with E-state index in [9.17, 15) is 9.59 Å². The van der Waals surface area contributed by atoms with Crippen LogP contribution in [0.2, 0.25) is 0 Å². The number of nitrogens with one attached hydrogen (secondary N) is 1. The van der Waals surface area contributed by atoms with Crippen molar-refractivity contribution in [3.05, 3.63) is 34.2 Å². The Kier molecular flexibility index (Phi) is 3.38. The second-order valence-corrected chi connectivity index (χ2v) is 6.04. The first-order chi connectivity index (χ1) is 9.54. The summed E-state index contributed by atoms with van der Waals surface area (Å²) in [5.74, 6) is -0.0472. The molecule has 0 aliphatic carbocycles. The van der Waals surface area contributed by atoms with E-state index in [-0.39, 0.29) is 17.5 Å². The molecule has 2 bridgehead atoms. The predicted octanol–water partition coefficient (Wildman–Crippen LogP) is 0.740. The first kappa shape index (κ1) is 13.4. The number of piperidine rings is 1. The maximum atomic E-state index is 12.5. The van der Waals surface area contributed by atoms with Crippen molar-refractivity contribution in [1.82, 2.24) is 14.8 Å². The highest BCUT2D eigenvalue weighted by Crippen LogP contribution is 2.29. The molecule has 3 heterocycles. The summed E-state index contributed by atoms with van der Waals surface area (Å²) in [7, 11) is 3.54. The number of rotatable bonds is 2. The van der Waals surface area contributed by atoms with Gasteiger partial charge in [-0.1, -0.05) is 0 Å². The molecule has 0 saturated carbocycles. The number of hydrogen-bond acceptors (Lipinski definition) is 3. The highest BCUT2D eigenvalue weighted by atomic mass is 16.2. The summed E-state index contributed by atoms with van der Waals surface area (Å²) in [6, 6.07) is 4.53. The molecule has 3 rings (SSSR count). The standard InChI is InChI=1S/C15H21N3O2/c1-17-6-5-10(7-14(17)19)15(20)18(2)13-8-11-3-4-12(9-13)16-11/h5-7,11-13,16H,3-4,8-9H2,1-2H3. The first-order valence-electron chi connectivity index (χ1n) is 7.24. The van der Waals surface area contributed by atoms with Gasteiger partial charge in [0.25, 0.3) is 11.5 Å². The molecule has 0 radical (unpaired) electrons. The van der Waals surface area contributed by atoms with Crippen LogP contribution in [0.5, 0.6) is 0 Å². The van der Waals surface area contributed by atoms with Gasteiger partial charge in [0.15, 0.2) is 0 Å². The molecule has 2 unspecified atom stereocenters. The van der Waals surface area contributed by atoms with Gasteiger partial charge in [-0.3, -0.25) is 9.59 Å². The van der Waals surface area contributed by atoms with E-state index in [1.807, 2.05) is 11.9 Å². The Morgan fingerprint density at radius 2 is 2.00 bits per heavy atom. The summed E-state index contributed by atoms with van der Waals surface area (Å²) in [5.41, 5.74) is 0.344. The predicted molar refractivity (Wildman–Crippen MR) is 76.7 cm³/mol. The number of aromatic nitrogens is 1. The van der Waals surface area contributed by atoms with Crippen LogP contribution in [0, 0.1) is 0 Å². The van der Waals surface area contributed by atoms with E-state index in [0.717, 1.165) is 12.8 Å². The zero-order valence-electron chi connectivity index (χ0n) is 12.0. The molecular formula is C15H21N3O2. The molecule has 20 heavy (non-hydrogen) atoms. The van der Waals surface area contributed by atoms with Crippen molar-refractivity contribution in [1.29, 1.82) is 0 Å². The van der Waals surface area contributed by atoms with Crippen LogP contribution >= 0.6 is 0 Å². The molecule has 2 aliphatic rings. The number of carbonyl (C=O) groups is 1. The van der Waals surface area contributed by atoms with Crippen LogP contribution in [0.3, 0.4) is 0 Å². The van der Waals surface area contributed by atoms with Crippen molar-refractivity contribution in [2.75, 3.05) is 7.05 Å². The maximum absolute atomic E-state index is 12.5. The zero-order valence-corrected chi connectivity index (χ0v) is 12.0. The molecule has 2 atom stereocenters. The maximum Gasteiger partial charge on any atom is 0.254 e. The second-order valence-electron chi connectivity index (χ2n) is 6.04. The van der Waals surface area contributed by atoms with Gasteiger partial charge in [-0.05, 0) is 31.7 Å². The van der Waals surface area contributed by atoms with Gasteiger partial charge < -0.3 is 14.8 Å². The summed E-state index contributed by atoms with van der Waals surface area (Å²) in [4.78, 5) is 26.0. The number of carbonyl (C=O) groups excluding carboxylic acids is 1. The molecule has 5 nitrogen and oxygen atoms in total. The Labute approximate surface area is 118 Å². The second kappa shape index (κ2) is 5.05. The zero-order chi connectivity index (χ0) is 14.3. The molecule has 2 fully saturated rings. The Morgan fingerprint density at radius 3 is 2.60 bits per heavy atom. The number of amides is 1. The fourth-order valence-corrected chi connectivity index (χ4v) is 3.39. The van der Waals surface area contributed by atoms with Gasteiger partial charge >= 0.3 is 0 Å². The molecule has 5 heteroatoms. The lowest BCUT2D eigenvalue weighted by Gasteiger charge is -2.35. The van der Waals surface area contributed by atoms with Crippen LogP contribution in [-0.4, -0.2) is 40.5 Å². The third kappa shape index (κ3) is 2.38. The van der Waals surface area contributed by atoms with Crippen molar-refractivity contribution < 1.29 is 4.79 Å². The lowest BCUT2D eigenvalue weighted by molar-refractivity contribution is 0.0681. The molecular weight excluding hydrogens is 254 g/mol. The van der Waals surface area contributed by atoms with E-state index >= 15 is 0 Å². The summed E-state index contributed by atoms with van der Waals surface area (Å²) in [6.45, 7) is 0. The van der Waals surface area contributed by atoms with Crippen molar-refractivity contribution in [3.8, 4) is 0 Å². The molecule has 0 aromatic carbocycles. The van der Waals surface area contributed by atoms with E-state index in [4.69, 9.17) is 0 Å². The average Bonchev–Trinajstić information content (AvgIpc) is 2.79. The summed E-state index contributed by atoms with van der Waals surface area (Å²) in [5, 5.41) is 3.58. The van der Waals surface area contributed by atoms with Gasteiger partial charge in [-0.15, -0.1) is 0 Å². The SMILES string of the molecule is CN(C(=O)c1ccn(C)c(=O)c1)C1CC2CCC(C1)N2. The van der Waals surface area contributed by atoms with Gasteiger partial charge in [-0.25, -0.2) is 0 Å². The lowest BCUT2D eigenvalue weighted by Crippen LogP contribution is -2.48. The minimum Gasteiger partial charge on any atom is -0.339 e. The van der Waals surface area contributed by atoms with Crippen LogP contribution in [0.15, 0.2) is 23.1 Å². The Bertz CT molecular complexity index is 569. The Hall–Kier alpha value is -1.62. The van der Waals surface area contributed by atoms with Crippen molar-refractivity contribution >= 4 is 5.91 Å². The van der Waals surface area contributed by atoms with E-state index in [1.54, 1.807) is 19.3 Å². The van der Waals surface area contributed by atoms with Gasteiger partial charge in [0.2, 0.25) is 0 Å². The van der Waals surface area contributed by atoms with Crippen molar-refractivity contribution in [2.45, 2.75) is 43.8 Å². The number of nitrogens with zero attached hydrogens (tertiary/aromatic N) is 2. The van der Waals surface area contributed by atoms with Crippen LogP contribution < -0.4 is 10.9 Å². The summed E-state index contributed by atoms with van der Waals surface area (Å²) in [6.07, 6.45) is 6.12. The molecule has 1 aromatic heterocycles. The number of aryl methyl sites for hydroxylation is 1.